The number of nitrogens with zero attached hydrogens (tertiary/aromatic N) is 3. The Morgan fingerprint density at radius 3 is 2.79 bits per heavy atom. The van der Waals surface area contributed by atoms with Crippen LogP contribution in [-0.4, -0.2) is 40.8 Å². The Bertz CT molecular complexity index is 916. The molecule has 2 aliphatic rings. The Morgan fingerprint density at radius 2 is 2.07 bits per heavy atom. The van der Waals surface area contributed by atoms with E-state index in [1.165, 1.54) is 11.0 Å². The van der Waals surface area contributed by atoms with Crippen LogP contribution in [0.1, 0.15) is 24.6 Å². The molecule has 1 N–H and O–H groups in total. The van der Waals surface area contributed by atoms with Gasteiger partial charge in [-0.1, -0.05) is 0 Å². The molecule has 148 valence electrons. The normalized spacial score (nSPS) is 24.8. The van der Waals surface area contributed by atoms with Gasteiger partial charge in [0.2, 0.25) is 11.8 Å². The number of rotatable bonds is 4. The van der Waals surface area contributed by atoms with E-state index in [1.807, 2.05) is 6.07 Å². The number of amides is 2. The van der Waals surface area contributed by atoms with Crippen LogP contribution in [0.15, 0.2) is 30.5 Å². The molecule has 9 heteroatoms. The molecule has 0 aliphatic carbocycles. The topological polar surface area (TPSA) is 76.5 Å². The fourth-order valence-corrected chi connectivity index (χ4v) is 3.81. The number of halogens is 2. The molecule has 2 fully saturated rings. The first-order chi connectivity index (χ1) is 13.5. The summed E-state index contributed by atoms with van der Waals surface area (Å²) in [5.74, 6) is -3.66. The number of ether oxygens (including phenoxy) is 1. The van der Waals surface area contributed by atoms with Crippen molar-refractivity contribution in [2.24, 2.45) is 13.0 Å². The fraction of sp³-hybridized carbons (Fsp3) is 0.421. The summed E-state index contributed by atoms with van der Waals surface area (Å²) < 4.78 is 34.1. The zero-order valence-corrected chi connectivity index (χ0v) is 15.3. The fourth-order valence-electron chi connectivity index (χ4n) is 3.81. The molecule has 2 saturated heterocycles. The highest BCUT2D eigenvalue weighted by atomic mass is 19.2. The van der Waals surface area contributed by atoms with Gasteiger partial charge < -0.3 is 15.0 Å². The van der Waals surface area contributed by atoms with Gasteiger partial charge in [-0.05, 0) is 31.0 Å². The summed E-state index contributed by atoms with van der Waals surface area (Å²) in [5, 5.41) is 7.05. The molecule has 2 aromatic rings. The van der Waals surface area contributed by atoms with Crippen LogP contribution in [0.2, 0.25) is 0 Å². The minimum absolute atomic E-state index is 0.246. The number of carbonyl (C=O) groups excluding carboxylic acids is 2. The number of aromatic nitrogens is 2. The van der Waals surface area contributed by atoms with Gasteiger partial charge >= 0.3 is 0 Å². The molecule has 28 heavy (non-hydrogen) atoms. The van der Waals surface area contributed by atoms with E-state index in [1.54, 1.807) is 17.9 Å². The highest BCUT2D eigenvalue weighted by molar-refractivity contribution is 6.09. The van der Waals surface area contributed by atoms with Gasteiger partial charge in [-0.3, -0.25) is 14.3 Å². The van der Waals surface area contributed by atoms with Gasteiger partial charge in [-0.25, -0.2) is 8.78 Å². The minimum Gasteiger partial charge on any atom is -0.370 e. The molecule has 0 radical (unpaired) electrons. The van der Waals surface area contributed by atoms with Crippen molar-refractivity contribution in [1.82, 2.24) is 15.1 Å². The Labute approximate surface area is 160 Å². The second kappa shape index (κ2) is 7.31. The van der Waals surface area contributed by atoms with Crippen molar-refractivity contribution in [2.45, 2.75) is 25.0 Å². The molecule has 0 bridgehead atoms. The maximum Gasteiger partial charge on any atom is 0.239 e. The Kier molecular flexibility index (Phi) is 4.84. The van der Waals surface area contributed by atoms with Gasteiger partial charge in [0.15, 0.2) is 11.6 Å². The van der Waals surface area contributed by atoms with Crippen LogP contribution in [0.4, 0.5) is 14.5 Å². The summed E-state index contributed by atoms with van der Waals surface area (Å²) in [5.41, 5.74) is 1.10. The maximum atomic E-state index is 13.5. The molecule has 3 atom stereocenters. The third-order valence-corrected chi connectivity index (χ3v) is 5.31. The van der Waals surface area contributed by atoms with E-state index in [9.17, 15) is 18.4 Å². The van der Waals surface area contributed by atoms with E-state index >= 15 is 0 Å². The monoisotopic (exact) mass is 390 g/mol. The van der Waals surface area contributed by atoms with Crippen LogP contribution >= 0.6 is 0 Å². The minimum atomic E-state index is -1.03. The molecular formula is C19H20F2N4O3. The Hall–Kier alpha value is -2.81. The number of hydrogen-bond acceptors (Lipinski definition) is 4. The third kappa shape index (κ3) is 3.26. The van der Waals surface area contributed by atoms with Crippen LogP contribution in [0.3, 0.4) is 0 Å². The Balaban J connectivity index is 1.44. The van der Waals surface area contributed by atoms with Crippen molar-refractivity contribution >= 4 is 17.5 Å². The quantitative estimate of drug-likeness (QED) is 0.807. The van der Waals surface area contributed by atoms with Gasteiger partial charge in [0, 0.05) is 38.1 Å². The van der Waals surface area contributed by atoms with Crippen molar-refractivity contribution in [1.29, 1.82) is 0 Å². The van der Waals surface area contributed by atoms with Crippen molar-refractivity contribution in [3.8, 4) is 0 Å². The van der Waals surface area contributed by atoms with E-state index in [2.05, 4.69) is 10.4 Å². The predicted octanol–water partition coefficient (Wildman–Crippen LogP) is 1.70. The number of benzene rings is 1. The zero-order valence-electron chi connectivity index (χ0n) is 15.3. The summed E-state index contributed by atoms with van der Waals surface area (Å²) in [4.78, 5) is 26.7. The van der Waals surface area contributed by atoms with E-state index < -0.39 is 23.5 Å². The molecule has 3 heterocycles. The second-order valence-electron chi connectivity index (χ2n) is 7.00. The largest absolute Gasteiger partial charge is 0.370 e. The summed E-state index contributed by atoms with van der Waals surface area (Å²) in [7, 11) is 1.80. The summed E-state index contributed by atoms with van der Waals surface area (Å²) in [6, 6.07) is 4.85. The van der Waals surface area contributed by atoms with Crippen LogP contribution in [0, 0.1) is 17.6 Å². The van der Waals surface area contributed by atoms with Crippen molar-refractivity contribution in [3.63, 3.8) is 0 Å². The van der Waals surface area contributed by atoms with Crippen LogP contribution < -0.4 is 10.2 Å². The van der Waals surface area contributed by atoms with Crippen molar-refractivity contribution in [2.75, 3.05) is 18.1 Å². The third-order valence-electron chi connectivity index (χ3n) is 5.31. The van der Waals surface area contributed by atoms with E-state index in [4.69, 9.17) is 4.74 Å². The lowest BCUT2D eigenvalue weighted by atomic mass is 10.0. The SMILES string of the molecule is Cn1nccc1[C@H]1OCC[C@@H]1NC(=O)[C@@H]1CCN(c2ccc(F)c(F)c2)C1=O. The van der Waals surface area contributed by atoms with Gasteiger partial charge in [0.05, 0.1) is 11.7 Å². The molecular weight excluding hydrogens is 370 g/mol. The molecule has 0 spiro atoms. The number of anilines is 1. The van der Waals surface area contributed by atoms with E-state index in [0.717, 1.165) is 17.8 Å². The number of nitrogens with one attached hydrogen (secondary N) is 1. The first kappa shape index (κ1) is 18.5. The highest BCUT2D eigenvalue weighted by Crippen LogP contribution is 2.30. The lowest BCUT2D eigenvalue weighted by Crippen LogP contribution is -2.43. The van der Waals surface area contributed by atoms with E-state index in [-0.39, 0.29) is 30.3 Å². The van der Waals surface area contributed by atoms with Gasteiger partial charge in [0.25, 0.3) is 0 Å². The number of carbonyl (C=O) groups is 2. The molecule has 0 saturated carbocycles. The van der Waals surface area contributed by atoms with E-state index in [0.29, 0.717) is 19.4 Å². The molecule has 1 aromatic heterocycles. The average molecular weight is 390 g/mol. The van der Waals surface area contributed by atoms with Crippen LogP contribution in [0.5, 0.6) is 0 Å². The first-order valence-corrected chi connectivity index (χ1v) is 9.12. The zero-order chi connectivity index (χ0) is 19.8. The van der Waals surface area contributed by atoms with Crippen molar-refractivity contribution < 1.29 is 23.1 Å². The van der Waals surface area contributed by atoms with Crippen molar-refractivity contribution in [3.05, 3.63) is 47.8 Å². The number of aryl methyl sites for hydroxylation is 1. The summed E-state index contributed by atoms with van der Waals surface area (Å²) in [6.07, 6.45) is 2.29. The van der Waals surface area contributed by atoms with Gasteiger partial charge in [-0.2, -0.15) is 5.10 Å². The molecule has 2 aliphatic heterocycles. The lowest BCUT2D eigenvalue weighted by molar-refractivity contribution is -0.132. The van der Waals surface area contributed by atoms with Gasteiger partial charge in [0.1, 0.15) is 12.0 Å². The predicted molar refractivity (Wildman–Crippen MR) is 95.3 cm³/mol. The lowest BCUT2D eigenvalue weighted by Gasteiger charge is -2.22. The maximum absolute atomic E-state index is 13.5. The molecule has 7 nitrogen and oxygen atoms in total. The first-order valence-electron chi connectivity index (χ1n) is 9.12. The standard InChI is InChI=1S/C19H20F2N4O3/c1-24-16(4-7-22-24)17-15(6-9-28-17)23-18(26)12-5-8-25(19(12)27)11-2-3-13(20)14(21)10-11/h2-4,7,10,12,15,17H,5-6,8-9H2,1H3,(H,23,26)/t12-,15-,17-/m0/s1. The molecule has 2 amide bonds. The molecule has 0 unspecified atom stereocenters. The summed E-state index contributed by atoms with van der Waals surface area (Å²) in [6.45, 7) is 0.773. The molecule has 1 aromatic carbocycles. The second-order valence-corrected chi connectivity index (χ2v) is 7.00. The van der Waals surface area contributed by atoms with Gasteiger partial charge in [-0.15, -0.1) is 0 Å². The van der Waals surface area contributed by atoms with Crippen LogP contribution in [0.25, 0.3) is 0 Å². The highest BCUT2D eigenvalue weighted by Gasteiger charge is 2.40. The Morgan fingerprint density at radius 1 is 1.25 bits per heavy atom. The van der Waals surface area contributed by atoms with Crippen LogP contribution in [-0.2, 0) is 21.4 Å². The summed E-state index contributed by atoms with van der Waals surface area (Å²) >= 11 is 0. The smallest absolute Gasteiger partial charge is 0.239 e. The average Bonchev–Trinajstić information content (AvgIpc) is 3.37. The number of hydrogen-bond donors (Lipinski definition) is 1. The molecule has 4 rings (SSSR count).